The number of carbonyl (C=O) groups excluding carboxylic acids is 1. The summed E-state index contributed by atoms with van der Waals surface area (Å²) in [5.41, 5.74) is 0.881. The maximum atomic E-state index is 14.0. The van der Waals surface area contributed by atoms with E-state index >= 15 is 0 Å². The van der Waals surface area contributed by atoms with E-state index in [1.807, 2.05) is 30.3 Å². The molecule has 2 aliphatic heterocycles. The minimum atomic E-state index is -0.579. The molecule has 0 aromatic heterocycles. The largest absolute Gasteiger partial charge is 0.493 e. The third-order valence-corrected chi connectivity index (χ3v) is 6.66. The maximum Gasteiger partial charge on any atom is 0.283 e. The predicted molar refractivity (Wildman–Crippen MR) is 146 cm³/mol. The van der Waals surface area contributed by atoms with Gasteiger partial charge in [-0.2, -0.15) is 15.1 Å². The molecule has 1 amide bonds. The smallest absolute Gasteiger partial charge is 0.283 e. The van der Waals surface area contributed by atoms with Gasteiger partial charge in [0.25, 0.3) is 5.91 Å². The summed E-state index contributed by atoms with van der Waals surface area (Å²) in [6.45, 7) is 0.122. The average Bonchev–Trinajstić information content (AvgIpc) is 3.33. The van der Waals surface area contributed by atoms with Gasteiger partial charge in [-0.05, 0) is 53.7 Å². The number of fused-ring (bicyclic) bond motifs is 1. The van der Waals surface area contributed by atoms with Crippen molar-refractivity contribution in [2.45, 2.75) is 6.61 Å². The number of halogens is 2. The quantitative estimate of drug-likeness (QED) is 0.358. The summed E-state index contributed by atoms with van der Waals surface area (Å²) in [5.74, 6) is 0.0989. The number of methoxy groups -OCH3 is 1. The van der Waals surface area contributed by atoms with Crippen LogP contribution >= 0.6 is 23.4 Å². The normalized spacial score (nSPS) is 15.8. The maximum absolute atomic E-state index is 14.0. The Morgan fingerprint density at radius 1 is 1.08 bits per heavy atom. The Morgan fingerprint density at radius 2 is 1.84 bits per heavy atom. The molecular weight excluding hydrogens is 531 g/mol. The van der Waals surface area contributed by atoms with Crippen LogP contribution in [0.1, 0.15) is 11.1 Å². The number of nitrogens with zero attached hydrogens (tertiary/aromatic N) is 3. The predicted octanol–water partition coefficient (Wildman–Crippen LogP) is 5.76. The fourth-order valence-corrected chi connectivity index (χ4v) is 4.72. The highest BCUT2D eigenvalue weighted by Crippen LogP contribution is 2.38. The van der Waals surface area contributed by atoms with E-state index in [9.17, 15) is 9.18 Å². The van der Waals surface area contributed by atoms with Crippen molar-refractivity contribution < 1.29 is 23.4 Å². The van der Waals surface area contributed by atoms with Crippen molar-refractivity contribution in [3.8, 4) is 17.2 Å². The molecule has 38 heavy (non-hydrogen) atoms. The van der Waals surface area contributed by atoms with E-state index in [-0.39, 0.29) is 46.3 Å². The molecule has 3 aromatic carbocycles. The molecular formula is C27H20ClFN4O4S. The van der Waals surface area contributed by atoms with Gasteiger partial charge in [0, 0.05) is 5.56 Å². The molecule has 0 bridgehead atoms. The van der Waals surface area contributed by atoms with Gasteiger partial charge in [0.1, 0.15) is 29.8 Å². The molecule has 192 valence electrons. The third kappa shape index (κ3) is 5.41. The fraction of sp³-hybridized carbons (Fsp3) is 0.111. The third-order valence-electron chi connectivity index (χ3n) is 5.49. The lowest BCUT2D eigenvalue weighted by Crippen LogP contribution is -2.35. The second-order valence-electron chi connectivity index (χ2n) is 8.03. The average molecular weight is 551 g/mol. The van der Waals surface area contributed by atoms with Crippen molar-refractivity contribution >= 4 is 51.4 Å². The molecule has 3 aromatic rings. The summed E-state index contributed by atoms with van der Waals surface area (Å²) < 4.78 is 30.9. The van der Waals surface area contributed by atoms with Crippen molar-refractivity contribution in [2.75, 3.05) is 13.7 Å². The number of hydrogen-bond acceptors (Lipinski definition) is 7. The van der Waals surface area contributed by atoms with Gasteiger partial charge in [0.05, 0.1) is 17.7 Å². The SMILES string of the molecule is COc1cc(/C=C2\C(=N)N3N=C(COc4ccccc4)SC3=NC2=O)cc(Cl)c1OCc1ccccc1F. The number of amidine groups is 2. The van der Waals surface area contributed by atoms with Crippen molar-refractivity contribution in [1.29, 1.82) is 5.41 Å². The van der Waals surface area contributed by atoms with E-state index < -0.39 is 11.7 Å². The molecule has 1 N–H and O–H groups in total. The van der Waals surface area contributed by atoms with Crippen LogP contribution < -0.4 is 14.2 Å². The minimum absolute atomic E-state index is 0.0291. The molecule has 11 heteroatoms. The van der Waals surface area contributed by atoms with Crippen molar-refractivity contribution in [1.82, 2.24) is 5.01 Å². The Morgan fingerprint density at radius 3 is 2.61 bits per heavy atom. The molecule has 0 unspecified atom stereocenters. The number of carbonyl (C=O) groups is 1. The van der Waals surface area contributed by atoms with Gasteiger partial charge in [0.15, 0.2) is 17.3 Å². The first-order chi connectivity index (χ1) is 18.4. The van der Waals surface area contributed by atoms with Gasteiger partial charge >= 0.3 is 0 Å². The summed E-state index contributed by atoms with van der Waals surface area (Å²) >= 11 is 7.63. The van der Waals surface area contributed by atoms with Crippen LogP contribution in [0.15, 0.2) is 82.4 Å². The van der Waals surface area contributed by atoms with Crippen LogP contribution in [-0.2, 0) is 11.4 Å². The summed E-state index contributed by atoms with van der Waals surface area (Å²) in [7, 11) is 1.44. The van der Waals surface area contributed by atoms with E-state index in [1.165, 1.54) is 36.0 Å². The Labute approximate surface area is 226 Å². The zero-order valence-corrected chi connectivity index (χ0v) is 21.6. The minimum Gasteiger partial charge on any atom is -0.493 e. The number of aliphatic imine (C=N–C) groups is 1. The van der Waals surface area contributed by atoms with Gasteiger partial charge < -0.3 is 14.2 Å². The zero-order valence-electron chi connectivity index (χ0n) is 20.0. The molecule has 8 nitrogen and oxygen atoms in total. The monoisotopic (exact) mass is 550 g/mol. The standard InChI is InChI=1S/C27H20ClFN4O4S/c1-35-22-13-16(12-20(28)24(22)37-14-17-7-5-6-10-21(17)29)11-19-25(30)33-27(31-26(19)34)38-23(32-33)15-36-18-8-3-2-4-9-18/h2-13,30H,14-15H2,1H3/b19-11+,30-25?. The van der Waals surface area contributed by atoms with E-state index in [1.54, 1.807) is 30.3 Å². The van der Waals surface area contributed by atoms with Crippen molar-refractivity contribution in [3.05, 3.63) is 94.3 Å². The Hall–Kier alpha value is -4.15. The molecule has 0 spiro atoms. The van der Waals surface area contributed by atoms with Crippen LogP contribution in [-0.4, -0.2) is 40.7 Å². The van der Waals surface area contributed by atoms with Crippen LogP contribution in [0.4, 0.5) is 4.39 Å². The second-order valence-corrected chi connectivity index (χ2v) is 9.48. The van der Waals surface area contributed by atoms with Crippen molar-refractivity contribution in [3.63, 3.8) is 0 Å². The highest BCUT2D eigenvalue weighted by Gasteiger charge is 2.35. The molecule has 0 fully saturated rings. The first-order valence-corrected chi connectivity index (χ1v) is 12.5. The Kier molecular flexibility index (Phi) is 7.43. The highest BCUT2D eigenvalue weighted by atomic mass is 35.5. The number of hydrazone groups is 1. The zero-order chi connectivity index (χ0) is 26.6. The molecule has 2 heterocycles. The lowest BCUT2D eigenvalue weighted by molar-refractivity contribution is -0.114. The Balaban J connectivity index is 1.35. The van der Waals surface area contributed by atoms with Crippen LogP contribution in [0.3, 0.4) is 0 Å². The molecule has 0 radical (unpaired) electrons. The number of thioether (sulfide) groups is 1. The number of ether oxygens (including phenoxy) is 3. The van der Waals surface area contributed by atoms with Crippen LogP contribution in [0, 0.1) is 11.2 Å². The van der Waals surface area contributed by atoms with Gasteiger partial charge in [-0.1, -0.05) is 48.0 Å². The van der Waals surface area contributed by atoms with E-state index in [0.29, 0.717) is 21.9 Å². The van der Waals surface area contributed by atoms with Crippen LogP contribution in [0.25, 0.3) is 6.08 Å². The van der Waals surface area contributed by atoms with Crippen LogP contribution in [0.5, 0.6) is 17.2 Å². The fourth-order valence-electron chi connectivity index (χ4n) is 3.65. The van der Waals surface area contributed by atoms with Gasteiger partial charge in [-0.3, -0.25) is 10.2 Å². The molecule has 5 rings (SSSR count). The second kappa shape index (κ2) is 11.1. The van der Waals surface area contributed by atoms with Crippen molar-refractivity contribution in [2.24, 2.45) is 10.1 Å². The van der Waals surface area contributed by atoms with E-state index in [2.05, 4.69) is 10.1 Å². The molecule has 0 saturated heterocycles. The Bertz CT molecular complexity index is 1510. The number of rotatable bonds is 8. The summed E-state index contributed by atoms with van der Waals surface area (Å²) in [6.07, 6.45) is 1.48. The van der Waals surface area contributed by atoms with E-state index in [0.717, 1.165) is 0 Å². The van der Waals surface area contributed by atoms with Gasteiger partial charge in [0.2, 0.25) is 5.17 Å². The number of nitrogens with one attached hydrogen (secondary N) is 1. The van der Waals surface area contributed by atoms with Crippen LogP contribution in [0.2, 0.25) is 5.02 Å². The highest BCUT2D eigenvalue weighted by molar-refractivity contribution is 8.27. The molecule has 0 saturated carbocycles. The topological polar surface area (TPSA) is 96.6 Å². The number of para-hydroxylation sites is 1. The first-order valence-electron chi connectivity index (χ1n) is 11.3. The first kappa shape index (κ1) is 25.5. The lowest BCUT2D eigenvalue weighted by atomic mass is 10.1. The summed E-state index contributed by atoms with van der Waals surface area (Å²) in [4.78, 5) is 16.9. The number of hydrogen-bond donors (Lipinski definition) is 1. The number of benzene rings is 3. The molecule has 0 atom stereocenters. The van der Waals surface area contributed by atoms with E-state index in [4.69, 9.17) is 31.2 Å². The number of amides is 1. The summed E-state index contributed by atoms with van der Waals surface area (Å²) in [5, 5.41) is 15.3. The summed E-state index contributed by atoms with van der Waals surface area (Å²) in [6, 6.07) is 18.7. The van der Waals surface area contributed by atoms with Gasteiger partial charge in [-0.25, -0.2) is 4.39 Å². The van der Waals surface area contributed by atoms with Gasteiger partial charge in [-0.15, -0.1) is 0 Å². The molecule has 2 aliphatic rings. The lowest BCUT2D eigenvalue weighted by Gasteiger charge is -2.20. The molecule has 0 aliphatic carbocycles.